The number of nitrogens with one attached hydrogen (secondary N) is 1. The molecule has 2 aromatic carbocycles. The molecule has 0 saturated heterocycles. The minimum Gasteiger partial charge on any atom is -0.367 e. The minimum absolute atomic E-state index is 0.732. The average Bonchev–Trinajstić information content (AvgIpc) is 2.73. The fourth-order valence-electron chi connectivity index (χ4n) is 2.12. The molecule has 3 nitrogen and oxygen atoms in total. The second kappa shape index (κ2) is 4.53. The summed E-state index contributed by atoms with van der Waals surface area (Å²) in [4.78, 5) is 4.55. The molecule has 0 radical (unpaired) electrons. The van der Waals surface area contributed by atoms with Gasteiger partial charge in [-0.2, -0.15) is 0 Å². The van der Waals surface area contributed by atoms with Crippen LogP contribution in [0.1, 0.15) is 5.82 Å². The summed E-state index contributed by atoms with van der Waals surface area (Å²) in [5.41, 5.74) is 3.33. The number of anilines is 1. The fraction of sp³-hybridized carbons (Fsp3) is 0.133. The number of benzene rings is 2. The molecule has 0 fully saturated rings. The monoisotopic (exact) mass is 237 g/mol. The standard InChI is InChI=1S/C15H15N3/c1-12-17-14-9-5-6-10-15(14)18(12)11-16-13-7-3-2-4-8-13/h2-10,16H,11H2,1H3. The molecule has 1 heterocycles. The third kappa shape index (κ3) is 1.95. The minimum atomic E-state index is 0.732. The molecule has 3 heteroatoms. The summed E-state index contributed by atoms with van der Waals surface area (Å²) >= 11 is 0. The molecule has 0 aliphatic rings. The Morgan fingerprint density at radius 3 is 2.56 bits per heavy atom. The normalized spacial score (nSPS) is 10.7. The average molecular weight is 237 g/mol. The van der Waals surface area contributed by atoms with Crippen molar-refractivity contribution in [2.45, 2.75) is 13.6 Å². The summed E-state index contributed by atoms with van der Waals surface area (Å²) < 4.78 is 2.18. The van der Waals surface area contributed by atoms with Crippen LogP contribution in [0.3, 0.4) is 0 Å². The van der Waals surface area contributed by atoms with Gasteiger partial charge in [-0.05, 0) is 31.2 Å². The number of imidazole rings is 1. The van der Waals surface area contributed by atoms with Crippen molar-refractivity contribution in [3.8, 4) is 0 Å². The molecule has 0 saturated carbocycles. The molecule has 3 rings (SSSR count). The Labute approximate surface area is 106 Å². The Morgan fingerprint density at radius 1 is 1.00 bits per heavy atom. The van der Waals surface area contributed by atoms with Crippen LogP contribution in [-0.2, 0) is 6.67 Å². The highest BCUT2D eigenvalue weighted by atomic mass is 15.2. The van der Waals surface area contributed by atoms with Gasteiger partial charge in [0.25, 0.3) is 0 Å². The molecule has 0 aliphatic carbocycles. The molecule has 0 spiro atoms. The Kier molecular flexibility index (Phi) is 2.73. The lowest BCUT2D eigenvalue weighted by Crippen LogP contribution is -2.09. The molecular formula is C15H15N3. The highest BCUT2D eigenvalue weighted by molar-refractivity contribution is 5.75. The van der Waals surface area contributed by atoms with E-state index in [1.807, 2.05) is 43.3 Å². The number of para-hydroxylation sites is 3. The van der Waals surface area contributed by atoms with E-state index in [2.05, 4.69) is 33.1 Å². The lowest BCUT2D eigenvalue weighted by molar-refractivity contribution is 0.765. The van der Waals surface area contributed by atoms with Crippen LogP contribution in [0.4, 0.5) is 5.69 Å². The van der Waals surface area contributed by atoms with Crippen LogP contribution in [0.15, 0.2) is 54.6 Å². The van der Waals surface area contributed by atoms with Gasteiger partial charge in [0.1, 0.15) is 5.82 Å². The van der Waals surface area contributed by atoms with Crippen LogP contribution in [0.5, 0.6) is 0 Å². The maximum Gasteiger partial charge on any atom is 0.108 e. The Hall–Kier alpha value is -2.29. The summed E-state index contributed by atoms with van der Waals surface area (Å²) in [6.45, 7) is 2.77. The molecule has 0 unspecified atom stereocenters. The maximum absolute atomic E-state index is 4.55. The molecule has 90 valence electrons. The van der Waals surface area contributed by atoms with Crippen LogP contribution >= 0.6 is 0 Å². The summed E-state index contributed by atoms with van der Waals surface area (Å²) in [5, 5.41) is 3.40. The van der Waals surface area contributed by atoms with Crippen molar-refractivity contribution in [3.63, 3.8) is 0 Å². The molecule has 0 bridgehead atoms. The van der Waals surface area contributed by atoms with Crippen molar-refractivity contribution in [1.29, 1.82) is 0 Å². The van der Waals surface area contributed by atoms with Gasteiger partial charge in [-0.25, -0.2) is 4.98 Å². The predicted molar refractivity (Wildman–Crippen MR) is 74.5 cm³/mol. The second-order valence-electron chi connectivity index (χ2n) is 4.28. The third-order valence-corrected chi connectivity index (χ3v) is 3.06. The zero-order valence-corrected chi connectivity index (χ0v) is 10.3. The smallest absolute Gasteiger partial charge is 0.108 e. The van der Waals surface area contributed by atoms with Gasteiger partial charge in [-0.3, -0.25) is 0 Å². The predicted octanol–water partition coefficient (Wildman–Crippen LogP) is 3.41. The van der Waals surface area contributed by atoms with Gasteiger partial charge in [0, 0.05) is 5.69 Å². The number of aryl methyl sites for hydroxylation is 1. The summed E-state index contributed by atoms with van der Waals surface area (Å²) in [5.74, 6) is 1.03. The van der Waals surface area contributed by atoms with Gasteiger partial charge < -0.3 is 9.88 Å². The van der Waals surface area contributed by atoms with Crippen molar-refractivity contribution in [2.75, 3.05) is 5.32 Å². The lowest BCUT2D eigenvalue weighted by atomic mass is 10.3. The van der Waals surface area contributed by atoms with Crippen LogP contribution in [0, 0.1) is 6.92 Å². The van der Waals surface area contributed by atoms with Crippen molar-refractivity contribution in [3.05, 3.63) is 60.4 Å². The quantitative estimate of drug-likeness (QED) is 0.756. The van der Waals surface area contributed by atoms with Gasteiger partial charge in [-0.1, -0.05) is 30.3 Å². The van der Waals surface area contributed by atoms with E-state index in [1.54, 1.807) is 0 Å². The van der Waals surface area contributed by atoms with Crippen LogP contribution in [0.25, 0.3) is 11.0 Å². The van der Waals surface area contributed by atoms with Crippen LogP contribution in [0.2, 0.25) is 0 Å². The Morgan fingerprint density at radius 2 is 1.72 bits per heavy atom. The molecule has 1 aromatic heterocycles. The third-order valence-electron chi connectivity index (χ3n) is 3.06. The number of nitrogens with zero attached hydrogens (tertiary/aromatic N) is 2. The Bertz CT molecular complexity index is 656. The van der Waals surface area contributed by atoms with E-state index < -0.39 is 0 Å². The number of fused-ring (bicyclic) bond motifs is 1. The summed E-state index contributed by atoms with van der Waals surface area (Å²) in [7, 11) is 0. The lowest BCUT2D eigenvalue weighted by Gasteiger charge is -2.09. The summed E-state index contributed by atoms with van der Waals surface area (Å²) in [6.07, 6.45) is 0. The molecular weight excluding hydrogens is 222 g/mol. The first-order chi connectivity index (χ1) is 8.84. The number of rotatable bonds is 3. The van der Waals surface area contributed by atoms with Gasteiger partial charge in [-0.15, -0.1) is 0 Å². The largest absolute Gasteiger partial charge is 0.367 e. The van der Waals surface area contributed by atoms with Gasteiger partial charge in [0.15, 0.2) is 0 Å². The van der Waals surface area contributed by atoms with Crippen LogP contribution < -0.4 is 5.32 Å². The highest BCUT2D eigenvalue weighted by Gasteiger charge is 2.05. The van der Waals surface area contributed by atoms with E-state index >= 15 is 0 Å². The second-order valence-corrected chi connectivity index (χ2v) is 4.28. The zero-order chi connectivity index (χ0) is 12.4. The van der Waals surface area contributed by atoms with Crippen molar-refractivity contribution in [2.24, 2.45) is 0 Å². The van der Waals surface area contributed by atoms with E-state index in [4.69, 9.17) is 0 Å². The first kappa shape index (κ1) is 10.8. The highest BCUT2D eigenvalue weighted by Crippen LogP contribution is 2.15. The van der Waals surface area contributed by atoms with Gasteiger partial charge in [0.2, 0.25) is 0 Å². The first-order valence-corrected chi connectivity index (χ1v) is 6.05. The summed E-state index contributed by atoms with van der Waals surface area (Å²) in [6, 6.07) is 18.4. The maximum atomic E-state index is 4.55. The topological polar surface area (TPSA) is 29.9 Å². The number of aromatic nitrogens is 2. The first-order valence-electron chi connectivity index (χ1n) is 6.05. The zero-order valence-electron chi connectivity index (χ0n) is 10.3. The van der Waals surface area contributed by atoms with E-state index in [1.165, 1.54) is 5.52 Å². The number of hydrogen-bond acceptors (Lipinski definition) is 2. The molecule has 0 aliphatic heterocycles. The van der Waals surface area contributed by atoms with E-state index in [0.717, 1.165) is 23.7 Å². The fourth-order valence-corrected chi connectivity index (χ4v) is 2.12. The molecule has 3 aromatic rings. The molecule has 18 heavy (non-hydrogen) atoms. The number of hydrogen-bond donors (Lipinski definition) is 1. The van der Waals surface area contributed by atoms with Crippen molar-refractivity contribution in [1.82, 2.24) is 9.55 Å². The Balaban J connectivity index is 1.89. The van der Waals surface area contributed by atoms with E-state index in [-0.39, 0.29) is 0 Å². The van der Waals surface area contributed by atoms with Gasteiger partial charge in [0.05, 0.1) is 17.7 Å². The van der Waals surface area contributed by atoms with Gasteiger partial charge >= 0.3 is 0 Å². The molecule has 0 atom stereocenters. The van der Waals surface area contributed by atoms with Crippen LogP contribution in [-0.4, -0.2) is 9.55 Å². The SMILES string of the molecule is Cc1nc2ccccc2n1CNc1ccccc1. The van der Waals surface area contributed by atoms with Crippen molar-refractivity contribution >= 4 is 16.7 Å². The van der Waals surface area contributed by atoms with E-state index in [0.29, 0.717) is 0 Å². The molecule has 1 N–H and O–H groups in total. The van der Waals surface area contributed by atoms with Crippen molar-refractivity contribution < 1.29 is 0 Å². The molecule has 0 amide bonds. The van der Waals surface area contributed by atoms with E-state index in [9.17, 15) is 0 Å².